The number of aryl methyl sites for hydroxylation is 1. The molecule has 0 bridgehead atoms. The van der Waals surface area contributed by atoms with Gasteiger partial charge in [-0.2, -0.15) is 0 Å². The summed E-state index contributed by atoms with van der Waals surface area (Å²) in [7, 11) is 0. The molecule has 0 atom stereocenters. The molecule has 0 aliphatic rings. The largest absolute Gasteiger partial charge is 0.385 e. The van der Waals surface area contributed by atoms with Gasteiger partial charge in [0.1, 0.15) is 5.82 Å². The van der Waals surface area contributed by atoms with Crippen LogP contribution in [0.2, 0.25) is 0 Å². The zero-order chi connectivity index (χ0) is 14.5. The second kappa shape index (κ2) is 6.19. The van der Waals surface area contributed by atoms with Crippen LogP contribution in [0.15, 0.2) is 42.5 Å². The van der Waals surface area contributed by atoms with Gasteiger partial charge in [0.05, 0.1) is 5.56 Å². The SMILES string of the molecule is CCNc1ccccc1C(=O)Nc1ccc(C)c(F)c1. The Morgan fingerprint density at radius 1 is 1.20 bits per heavy atom. The van der Waals surface area contributed by atoms with Gasteiger partial charge in [-0.25, -0.2) is 4.39 Å². The van der Waals surface area contributed by atoms with Crippen molar-refractivity contribution in [2.45, 2.75) is 13.8 Å². The lowest BCUT2D eigenvalue weighted by Gasteiger charge is -2.11. The van der Waals surface area contributed by atoms with Gasteiger partial charge in [-0.05, 0) is 43.7 Å². The molecule has 0 aliphatic heterocycles. The van der Waals surface area contributed by atoms with Crippen molar-refractivity contribution < 1.29 is 9.18 Å². The Morgan fingerprint density at radius 2 is 1.95 bits per heavy atom. The number of carbonyl (C=O) groups excluding carboxylic acids is 1. The van der Waals surface area contributed by atoms with Crippen molar-refractivity contribution in [2.24, 2.45) is 0 Å². The Kier molecular flexibility index (Phi) is 4.35. The van der Waals surface area contributed by atoms with E-state index in [2.05, 4.69) is 10.6 Å². The number of anilines is 2. The zero-order valence-corrected chi connectivity index (χ0v) is 11.5. The minimum atomic E-state index is -0.331. The van der Waals surface area contributed by atoms with Gasteiger partial charge in [0.25, 0.3) is 5.91 Å². The molecular formula is C16H17FN2O. The van der Waals surface area contributed by atoms with Gasteiger partial charge in [0, 0.05) is 17.9 Å². The molecule has 2 N–H and O–H groups in total. The molecule has 2 aromatic carbocycles. The monoisotopic (exact) mass is 272 g/mol. The first-order chi connectivity index (χ1) is 9.61. The summed E-state index contributed by atoms with van der Waals surface area (Å²) < 4.78 is 13.5. The molecule has 3 nitrogen and oxygen atoms in total. The molecule has 0 aromatic heterocycles. The van der Waals surface area contributed by atoms with Gasteiger partial charge in [-0.15, -0.1) is 0 Å². The van der Waals surface area contributed by atoms with Crippen molar-refractivity contribution in [3.05, 3.63) is 59.4 Å². The Bertz CT molecular complexity index is 626. The molecule has 104 valence electrons. The van der Waals surface area contributed by atoms with E-state index < -0.39 is 0 Å². The maximum Gasteiger partial charge on any atom is 0.257 e. The standard InChI is InChI=1S/C16H17FN2O/c1-3-18-15-7-5-4-6-13(15)16(20)19-12-9-8-11(2)14(17)10-12/h4-10,18H,3H2,1-2H3,(H,19,20). The quantitative estimate of drug-likeness (QED) is 0.888. The average molecular weight is 272 g/mol. The molecule has 0 spiro atoms. The number of hydrogen-bond donors (Lipinski definition) is 2. The van der Waals surface area contributed by atoms with E-state index in [9.17, 15) is 9.18 Å². The van der Waals surface area contributed by atoms with Crippen molar-refractivity contribution in [3.63, 3.8) is 0 Å². The minimum absolute atomic E-state index is 0.259. The molecule has 2 aromatic rings. The lowest BCUT2D eigenvalue weighted by molar-refractivity contribution is 0.102. The molecule has 0 radical (unpaired) electrons. The third-order valence-corrected chi connectivity index (χ3v) is 2.97. The molecular weight excluding hydrogens is 255 g/mol. The third kappa shape index (κ3) is 3.15. The predicted octanol–water partition coefficient (Wildman–Crippen LogP) is 3.82. The number of carbonyl (C=O) groups is 1. The molecule has 0 heterocycles. The van der Waals surface area contributed by atoms with Crippen LogP contribution in [0.3, 0.4) is 0 Å². The van der Waals surface area contributed by atoms with E-state index in [1.807, 2.05) is 19.1 Å². The highest BCUT2D eigenvalue weighted by Crippen LogP contribution is 2.18. The highest BCUT2D eigenvalue weighted by molar-refractivity contribution is 6.08. The van der Waals surface area contributed by atoms with E-state index >= 15 is 0 Å². The summed E-state index contributed by atoms with van der Waals surface area (Å²) in [6, 6.07) is 11.9. The summed E-state index contributed by atoms with van der Waals surface area (Å²) in [5, 5.41) is 5.83. The molecule has 1 amide bonds. The van der Waals surface area contributed by atoms with E-state index in [1.54, 1.807) is 31.2 Å². The van der Waals surface area contributed by atoms with Crippen molar-refractivity contribution >= 4 is 17.3 Å². The van der Waals surface area contributed by atoms with Gasteiger partial charge in [-0.1, -0.05) is 18.2 Å². The lowest BCUT2D eigenvalue weighted by Crippen LogP contribution is -2.14. The molecule has 2 rings (SSSR count). The number of halogens is 1. The topological polar surface area (TPSA) is 41.1 Å². The molecule has 0 saturated carbocycles. The van der Waals surface area contributed by atoms with Crippen LogP contribution in [0.4, 0.5) is 15.8 Å². The van der Waals surface area contributed by atoms with Crippen LogP contribution < -0.4 is 10.6 Å². The van der Waals surface area contributed by atoms with Gasteiger partial charge in [-0.3, -0.25) is 4.79 Å². The molecule has 0 fully saturated rings. The maximum atomic E-state index is 13.5. The van der Waals surface area contributed by atoms with Crippen LogP contribution in [-0.4, -0.2) is 12.5 Å². The second-order valence-corrected chi connectivity index (χ2v) is 4.49. The number of rotatable bonds is 4. The molecule has 0 saturated heterocycles. The summed E-state index contributed by atoms with van der Waals surface area (Å²) in [6.07, 6.45) is 0. The van der Waals surface area contributed by atoms with Gasteiger partial charge in [0.2, 0.25) is 0 Å². The molecule has 4 heteroatoms. The Morgan fingerprint density at radius 3 is 2.65 bits per heavy atom. The number of hydrogen-bond acceptors (Lipinski definition) is 2. The van der Waals surface area contributed by atoms with Crippen LogP contribution in [0.1, 0.15) is 22.8 Å². The summed E-state index contributed by atoms with van der Waals surface area (Å²) >= 11 is 0. The van der Waals surface area contributed by atoms with Crippen molar-refractivity contribution in [1.82, 2.24) is 0 Å². The Hall–Kier alpha value is -2.36. The van der Waals surface area contributed by atoms with E-state index in [0.29, 0.717) is 16.8 Å². The van der Waals surface area contributed by atoms with Crippen molar-refractivity contribution in [1.29, 1.82) is 0 Å². The van der Waals surface area contributed by atoms with Gasteiger partial charge >= 0.3 is 0 Å². The molecule has 0 unspecified atom stereocenters. The van der Waals surface area contributed by atoms with Gasteiger partial charge in [0.15, 0.2) is 0 Å². The first-order valence-corrected chi connectivity index (χ1v) is 6.52. The highest BCUT2D eigenvalue weighted by Gasteiger charge is 2.11. The number of amides is 1. The molecule has 0 aliphatic carbocycles. The van der Waals surface area contributed by atoms with Crippen LogP contribution in [0.5, 0.6) is 0 Å². The fraction of sp³-hybridized carbons (Fsp3) is 0.188. The van der Waals surface area contributed by atoms with Gasteiger partial charge < -0.3 is 10.6 Å². The van der Waals surface area contributed by atoms with Crippen molar-refractivity contribution in [2.75, 3.05) is 17.2 Å². The lowest BCUT2D eigenvalue weighted by atomic mass is 10.1. The Balaban J connectivity index is 2.21. The number of para-hydroxylation sites is 1. The smallest absolute Gasteiger partial charge is 0.257 e. The van der Waals surface area contributed by atoms with E-state index in [0.717, 1.165) is 12.2 Å². The summed E-state index contributed by atoms with van der Waals surface area (Å²) in [5.41, 5.74) is 2.30. The van der Waals surface area contributed by atoms with Crippen LogP contribution >= 0.6 is 0 Å². The predicted molar refractivity (Wildman–Crippen MR) is 79.7 cm³/mol. The minimum Gasteiger partial charge on any atom is -0.385 e. The summed E-state index contributed by atoms with van der Waals surface area (Å²) in [4.78, 5) is 12.2. The number of benzene rings is 2. The van der Waals surface area contributed by atoms with Crippen LogP contribution in [0.25, 0.3) is 0 Å². The number of nitrogens with one attached hydrogen (secondary N) is 2. The van der Waals surface area contributed by atoms with E-state index in [4.69, 9.17) is 0 Å². The van der Waals surface area contributed by atoms with Crippen LogP contribution in [0, 0.1) is 12.7 Å². The zero-order valence-electron chi connectivity index (χ0n) is 11.5. The van der Waals surface area contributed by atoms with E-state index in [1.165, 1.54) is 6.07 Å². The summed E-state index contributed by atoms with van der Waals surface area (Å²) in [6.45, 7) is 4.37. The average Bonchev–Trinajstić information content (AvgIpc) is 2.44. The first kappa shape index (κ1) is 14.1. The second-order valence-electron chi connectivity index (χ2n) is 4.49. The Labute approximate surface area is 117 Å². The fourth-order valence-electron chi connectivity index (χ4n) is 1.89. The maximum absolute atomic E-state index is 13.5. The highest BCUT2D eigenvalue weighted by atomic mass is 19.1. The normalized spacial score (nSPS) is 10.2. The summed E-state index contributed by atoms with van der Waals surface area (Å²) in [5.74, 6) is -0.590. The van der Waals surface area contributed by atoms with Crippen molar-refractivity contribution in [3.8, 4) is 0 Å². The third-order valence-electron chi connectivity index (χ3n) is 2.97. The molecule has 20 heavy (non-hydrogen) atoms. The van der Waals surface area contributed by atoms with E-state index in [-0.39, 0.29) is 11.7 Å². The van der Waals surface area contributed by atoms with Crippen LogP contribution in [-0.2, 0) is 0 Å². The first-order valence-electron chi connectivity index (χ1n) is 6.52. The fourth-order valence-corrected chi connectivity index (χ4v) is 1.89.